The largest absolute Gasteiger partial charge is 0.486 e. The highest BCUT2D eigenvalue weighted by atomic mass is 16.6. The Morgan fingerprint density at radius 2 is 1.90 bits per heavy atom. The van der Waals surface area contributed by atoms with Gasteiger partial charge in [-0.25, -0.2) is 0 Å². The third-order valence-corrected chi connectivity index (χ3v) is 5.08. The van der Waals surface area contributed by atoms with Crippen molar-refractivity contribution in [2.24, 2.45) is 5.92 Å². The van der Waals surface area contributed by atoms with Gasteiger partial charge in [0.05, 0.1) is 0 Å². The van der Waals surface area contributed by atoms with Crippen molar-refractivity contribution in [1.29, 1.82) is 0 Å². The lowest BCUT2D eigenvalue weighted by molar-refractivity contribution is 0.0731. The first-order valence-electron chi connectivity index (χ1n) is 8.23. The Kier molecular flexibility index (Phi) is 3.74. The maximum absolute atomic E-state index is 5.65. The maximum atomic E-state index is 5.65. The number of hydrogen-bond acceptors (Lipinski definition) is 4. The third kappa shape index (κ3) is 2.87. The number of ether oxygens (including phenoxy) is 2. The van der Waals surface area contributed by atoms with Crippen LogP contribution >= 0.6 is 0 Å². The monoisotopic (exact) mass is 288 g/mol. The molecule has 4 heterocycles. The van der Waals surface area contributed by atoms with Crippen molar-refractivity contribution in [3.8, 4) is 11.5 Å². The van der Waals surface area contributed by atoms with E-state index in [9.17, 15) is 0 Å². The van der Waals surface area contributed by atoms with E-state index in [2.05, 4.69) is 22.3 Å². The van der Waals surface area contributed by atoms with Crippen molar-refractivity contribution < 1.29 is 9.47 Å². The summed E-state index contributed by atoms with van der Waals surface area (Å²) >= 11 is 0. The molecular weight excluding hydrogens is 264 g/mol. The van der Waals surface area contributed by atoms with Crippen LogP contribution in [-0.2, 0) is 6.42 Å². The molecule has 4 aliphatic heterocycles. The molecule has 1 aromatic carbocycles. The molecule has 2 bridgehead atoms. The van der Waals surface area contributed by atoms with Crippen LogP contribution in [0.15, 0.2) is 18.2 Å². The lowest BCUT2D eigenvalue weighted by Gasteiger charge is -2.45. The van der Waals surface area contributed by atoms with E-state index in [1.807, 2.05) is 6.07 Å². The minimum Gasteiger partial charge on any atom is -0.486 e. The van der Waals surface area contributed by atoms with Crippen molar-refractivity contribution in [2.45, 2.75) is 25.3 Å². The average Bonchev–Trinajstić information content (AvgIpc) is 2.56. The quantitative estimate of drug-likeness (QED) is 0.914. The zero-order chi connectivity index (χ0) is 14.1. The summed E-state index contributed by atoms with van der Waals surface area (Å²) in [7, 11) is 0. The lowest BCUT2D eigenvalue weighted by Crippen LogP contribution is -2.56. The first kappa shape index (κ1) is 13.4. The molecule has 0 spiro atoms. The predicted molar refractivity (Wildman–Crippen MR) is 82.1 cm³/mol. The van der Waals surface area contributed by atoms with E-state index in [1.165, 1.54) is 38.0 Å². The molecule has 5 rings (SSSR count). The van der Waals surface area contributed by atoms with Gasteiger partial charge in [0.2, 0.25) is 0 Å². The molecule has 4 aliphatic rings. The Bertz CT molecular complexity index is 498. The lowest BCUT2D eigenvalue weighted by atomic mass is 9.84. The first-order chi connectivity index (χ1) is 10.4. The molecule has 1 aromatic rings. The van der Waals surface area contributed by atoms with Gasteiger partial charge in [0.25, 0.3) is 0 Å². The Morgan fingerprint density at radius 1 is 1.10 bits per heavy atom. The highest BCUT2D eigenvalue weighted by molar-refractivity contribution is 5.43. The summed E-state index contributed by atoms with van der Waals surface area (Å²) in [4.78, 5) is 2.60. The fourth-order valence-corrected chi connectivity index (χ4v) is 3.84. The molecule has 21 heavy (non-hydrogen) atoms. The molecule has 0 amide bonds. The van der Waals surface area contributed by atoms with Gasteiger partial charge in [-0.15, -0.1) is 0 Å². The third-order valence-electron chi connectivity index (χ3n) is 5.08. The molecule has 114 valence electrons. The topological polar surface area (TPSA) is 33.7 Å². The van der Waals surface area contributed by atoms with Gasteiger partial charge < -0.3 is 19.7 Å². The average molecular weight is 288 g/mol. The summed E-state index contributed by atoms with van der Waals surface area (Å²) in [6.45, 7) is 6.23. The number of fused-ring (bicyclic) bond motifs is 4. The standard InChI is InChI=1S/C17H24N2O2/c1-2-16-17(21-10-9-20-16)11-13(1)3-6-18-15-12-19-7-4-14(15)5-8-19/h1-2,11,14-15,18H,3-10,12H2. The van der Waals surface area contributed by atoms with Gasteiger partial charge in [0, 0.05) is 12.6 Å². The van der Waals surface area contributed by atoms with E-state index < -0.39 is 0 Å². The minimum atomic E-state index is 0.660. The second-order valence-electron chi connectivity index (χ2n) is 6.43. The Morgan fingerprint density at radius 3 is 2.67 bits per heavy atom. The van der Waals surface area contributed by atoms with Crippen molar-refractivity contribution >= 4 is 0 Å². The molecule has 3 fully saturated rings. The molecule has 0 saturated carbocycles. The van der Waals surface area contributed by atoms with E-state index in [-0.39, 0.29) is 0 Å². The predicted octanol–water partition coefficient (Wildman–Crippen LogP) is 1.68. The van der Waals surface area contributed by atoms with Crippen LogP contribution in [0.3, 0.4) is 0 Å². The summed E-state index contributed by atoms with van der Waals surface area (Å²) in [5, 5.41) is 3.77. The van der Waals surface area contributed by atoms with Gasteiger partial charge in [0.1, 0.15) is 13.2 Å². The highest BCUT2D eigenvalue weighted by Gasteiger charge is 2.33. The van der Waals surface area contributed by atoms with Crippen molar-refractivity contribution in [3.05, 3.63) is 23.8 Å². The molecule has 3 saturated heterocycles. The summed E-state index contributed by atoms with van der Waals surface area (Å²) in [5.74, 6) is 2.69. The van der Waals surface area contributed by atoms with E-state index in [1.54, 1.807) is 0 Å². The summed E-state index contributed by atoms with van der Waals surface area (Å²) in [5.41, 5.74) is 1.33. The van der Waals surface area contributed by atoms with Crippen LogP contribution in [0.1, 0.15) is 18.4 Å². The Hall–Kier alpha value is -1.26. The number of rotatable bonds is 4. The molecule has 4 nitrogen and oxygen atoms in total. The highest BCUT2D eigenvalue weighted by Crippen LogP contribution is 2.31. The summed E-state index contributed by atoms with van der Waals surface area (Å²) in [6, 6.07) is 7.03. The number of nitrogens with one attached hydrogen (secondary N) is 1. The fraction of sp³-hybridized carbons (Fsp3) is 0.647. The molecule has 1 N–H and O–H groups in total. The van der Waals surface area contributed by atoms with Crippen LogP contribution in [0.25, 0.3) is 0 Å². The Labute approximate surface area is 126 Å². The minimum absolute atomic E-state index is 0.660. The van der Waals surface area contributed by atoms with Gasteiger partial charge in [-0.3, -0.25) is 0 Å². The van der Waals surface area contributed by atoms with Crippen LogP contribution in [0, 0.1) is 5.92 Å². The SMILES string of the molecule is c1cc2c(cc1CCNC1CN3CCC1CC3)OCCO2. The molecule has 0 radical (unpaired) electrons. The Balaban J connectivity index is 1.31. The molecule has 1 atom stereocenters. The van der Waals surface area contributed by atoms with Gasteiger partial charge >= 0.3 is 0 Å². The van der Waals surface area contributed by atoms with Gasteiger partial charge in [-0.2, -0.15) is 0 Å². The number of nitrogens with zero attached hydrogens (tertiary/aromatic N) is 1. The number of piperidine rings is 3. The fourth-order valence-electron chi connectivity index (χ4n) is 3.84. The van der Waals surface area contributed by atoms with Crippen LogP contribution in [0.2, 0.25) is 0 Å². The van der Waals surface area contributed by atoms with Crippen molar-refractivity contribution in [1.82, 2.24) is 10.2 Å². The molecule has 0 aromatic heterocycles. The van der Waals surface area contributed by atoms with Gasteiger partial charge in [0.15, 0.2) is 11.5 Å². The van der Waals surface area contributed by atoms with Crippen LogP contribution in [0.5, 0.6) is 11.5 Å². The molecule has 4 heteroatoms. The van der Waals surface area contributed by atoms with E-state index in [4.69, 9.17) is 9.47 Å². The van der Waals surface area contributed by atoms with Crippen molar-refractivity contribution in [3.63, 3.8) is 0 Å². The summed E-state index contributed by atoms with van der Waals surface area (Å²) < 4.78 is 11.2. The zero-order valence-corrected chi connectivity index (χ0v) is 12.5. The van der Waals surface area contributed by atoms with E-state index in [0.717, 1.165) is 30.4 Å². The second kappa shape index (κ2) is 5.85. The van der Waals surface area contributed by atoms with Gasteiger partial charge in [-0.1, -0.05) is 6.07 Å². The van der Waals surface area contributed by atoms with Crippen LogP contribution in [-0.4, -0.2) is 50.3 Å². The van der Waals surface area contributed by atoms with E-state index >= 15 is 0 Å². The van der Waals surface area contributed by atoms with E-state index in [0.29, 0.717) is 19.3 Å². The molecular formula is C17H24N2O2. The van der Waals surface area contributed by atoms with Gasteiger partial charge in [-0.05, 0) is 62.5 Å². The number of benzene rings is 1. The van der Waals surface area contributed by atoms with Crippen LogP contribution < -0.4 is 14.8 Å². The number of hydrogen-bond donors (Lipinski definition) is 1. The normalized spacial score (nSPS) is 30.4. The smallest absolute Gasteiger partial charge is 0.161 e. The molecule has 1 unspecified atom stereocenters. The van der Waals surface area contributed by atoms with Crippen LogP contribution in [0.4, 0.5) is 0 Å². The molecule has 0 aliphatic carbocycles. The second-order valence-corrected chi connectivity index (χ2v) is 6.43. The maximum Gasteiger partial charge on any atom is 0.161 e. The van der Waals surface area contributed by atoms with Crippen molar-refractivity contribution in [2.75, 3.05) is 39.4 Å². The first-order valence-corrected chi connectivity index (χ1v) is 8.23. The zero-order valence-electron chi connectivity index (χ0n) is 12.5. The summed E-state index contributed by atoms with van der Waals surface area (Å²) in [6.07, 6.45) is 3.81.